The average Bonchev–Trinajstić information content (AvgIpc) is 3.23. The first-order chi connectivity index (χ1) is 15.5. The Labute approximate surface area is 183 Å². The van der Waals surface area contributed by atoms with Crippen molar-refractivity contribution in [1.82, 2.24) is 9.55 Å². The second-order valence-corrected chi connectivity index (χ2v) is 7.44. The van der Waals surface area contributed by atoms with Gasteiger partial charge in [-0.2, -0.15) is 0 Å². The van der Waals surface area contributed by atoms with Crippen molar-refractivity contribution in [2.45, 2.75) is 25.8 Å². The summed E-state index contributed by atoms with van der Waals surface area (Å²) < 4.78 is 11.6. The number of amides is 1. The molecule has 1 saturated heterocycles. The maximum absolute atomic E-state index is 12.5. The van der Waals surface area contributed by atoms with Gasteiger partial charge in [0, 0.05) is 25.2 Å². The highest BCUT2D eigenvalue weighted by Crippen LogP contribution is 2.23. The molecule has 1 aliphatic heterocycles. The molecule has 1 fully saturated rings. The van der Waals surface area contributed by atoms with Gasteiger partial charge >= 0.3 is 11.7 Å². The normalized spacial score (nSPS) is 13.5. The molecule has 32 heavy (non-hydrogen) atoms. The highest BCUT2D eigenvalue weighted by molar-refractivity contribution is 5.95. The fraction of sp³-hybridized carbons (Fsp3) is 0.304. The number of para-hydroxylation sites is 1. The van der Waals surface area contributed by atoms with Gasteiger partial charge < -0.3 is 19.4 Å². The number of H-pyrrole nitrogens is 1. The molecule has 166 valence electrons. The van der Waals surface area contributed by atoms with E-state index >= 15 is 0 Å². The van der Waals surface area contributed by atoms with Crippen LogP contribution in [0.5, 0.6) is 5.75 Å². The van der Waals surface area contributed by atoms with Gasteiger partial charge in [0.15, 0.2) is 6.61 Å². The molecule has 2 heterocycles. The zero-order chi connectivity index (χ0) is 22.5. The van der Waals surface area contributed by atoms with Crippen LogP contribution in [0.2, 0.25) is 0 Å². The number of nitrogens with one attached hydrogen (secondary N) is 1. The Morgan fingerprint density at radius 1 is 1.03 bits per heavy atom. The first-order valence-corrected chi connectivity index (χ1v) is 10.4. The topological polar surface area (TPSA) is 111 Å². The number of hydrogen-bond acceptors (Lipinski definition) is 6. The van der Waals surface area contributed by atoms with Gasteiger partial charge in [0.25, 0.3) is 5.56 Å². The fourth-order valence-corrected chi connectivity index (χ4v) is 3.64. The lowest BCUT2D eigenvalue weighted by Crippen LogP contribution is -2.35. The third-order valence-electron chi connectivity index (χ3n) is 5.26. The summed E-state index contributed by atoms with van der Waals surface area (Å²) >= 11 is 0. The van der Waals surface area contributed by atoms with Gasteiger partial charge in [-0.15, -0.1) is 0 Å². The van der Waals surface area contributed by atoms with Gasteiger partial charge in [-0.1, -0.05) is 12.1 Å². The van der Waals surface area contributed by atoms with Gasteiger partial charge in [0.2, 0.25) is 5.91 Å². The molecule has 9 heteroatoms. The zero-order valence-corrected chi connectivity index (χ0v) is 17.4. The van der Waals surface area contributed by atoms with Crippen molar-refractivity contribution in [2.75, 3.05) is 24.7 Å². The van der Waals surface area contributed by atoms with Crippen LogP contribution >= 0.6 is 0 Å². The number of aromatic amines is 1. The Morgan fingerprint density at radius 3 is 2.56 bits per heavy atom. The van der Waals surface area contributed by atoms with E-state index < -0.39 is 11.7 Å². The summed E-state index contributed by atoms with van der Waals surface area (Å²) in [5.74, 6) is 0.0466. The third kappa shape index (κ3) is 4.72. The summed E-state index contributed by atoms with van der Waals surface area (Å²) in [7, 11) is 0. The van der Waals surface area contributed by atoms with E-state index in [1.54, 1.807) is 53.4 Å². The number of carbonyl (C=O) groups excluding carboxylic acids is 2. The molecule has 0 aliphatic carbocycles. The van der Waals surface area contributed by atoms with Gasteiger partial charge in [-0.05, 0) is 49.2 Å². The summed E-state index contributed by atoms with van der Waals surface area (Å²) in [5.41, 5.74) is 0.421. The molecule has 3 aromatic rings. The second-order valence-electron chi connectivity index (χ2n) is 7.44. The van der Waals surface area contributed by atoms with E-state index in [1.165, 1.54) is 0 Å². The van der Waals surface area contributed by atoms with Crippen molar-refractivity contribution in [3.05, 3.63) is 69.4 Å². The molecular formula is C23H23N3O6. The van der Waals surface area contributed by atoms with Crippen molar-refractivity contribution in [3.8, 4) is 5.75 Å². The molecule has 0 radical (unpaired) electrons. The lowest BCUT2D eigenvalue weighted by molar-refractivity contribution is -0.146. The van der Waals surface area contributed by atoms with Gasteiger partial charge in [0.1, 0.15) is 5.75 Å². The first-order valence-electron chi connectivity index (χ1n) is 10.4. The number of hydrogen-bond donors (Lipinski definition) is 1. The lowest BCUT2D eigenvalue weighted by Gasteiger charge is -2.16. The van der Waals surface area contributed by atoms with Crippen LogP contribution in [0, 0.1) is 0 Å². The largest absolute Gasteiger partial charge is 0.482 e. The number of rotatable bonds is 8. The van der Waals surface area contributed by atoms with Gasteiger partial charge in [-0.25, -0.2) is 9.59 Å². The number of nitrogens with zero attached hydrogens (tertiary/aromatic N) is 2. The first kappa shape index (κ1) is 21.4. The van der Waals surface area contributed by atoms with Crippen LogP contribution in [0.1, 0.15) is 19.3 Å². The van der Waals surface area contributed by atoms with Crippen LogP contribution in [0.4, 0.5) is 5.69 Å². The fourth-order valence-electron chi connectivity index (χ4n) is 3.64. The molecule has 1 N–H and O–H groups in total. The Kier molecular flexibility index (Phi) is 6.34. The molecule has 1 amide bonds. The third-order valence-corrected chi connectivity index (χ3v) is 5.26. The van der Waals surface area contributed by atoms with E-state index in [1.807, 2.05) is 0 Å². The van der Waals surface area contributed by atoms with E-state index in [2.05, 4.69) is 4.98 Å². The average molecular weight is 437 g/mol. The molecule has 0 atom stereocenters. The minimum absolute atomic E-state index is 0.0525. The summed E-state index contributed by atoms with van der Waals surface area (Å²) in [5, 5.41) is 0.428. The number of carbonyl (C=O) groups is 2. The maximum Gasteiger partial charge on any atom is 0.344 e. The number of esters is 1. The number of benzene rings is 2. The Hall–Kier alpha value is -3.88. The molecule has 0 saturated carbocycles. The van der Waals surface area contributed by atoms with Crippen molar-refractivity contribution in [3.63, 3.8) is 0 Å². The molecule has 0 unspecified atom stereocenters. The van der Waals surface area contributed by atoms with Gasteiger partial charge in [-0.3, -0.25) is 14.2 Å². The van der Waals surface area contributed by atoms with E-state index in [0.29, 0.717) is 36.0 Å². The predicted octanol–water partition coefficient (Wildman–Crippen LogP) is 1.83. The van der Waals surface area contributed by atoms with Crippen molar-refractivity contribution in [2.24, 2.45) is 0 Å². The molecule has 0 spiro atoms. The van der Waals surface area contributed by atoms with E-state index in [0.717, 1.165) is 16.7 Å². The van der Waals surface area contributed by atoms with Crippen molar-refractivity contribution >= 4 is 28.5 Å². The highest BCUT2D eigenvalue weighted by atomic mass is 16.6. The lowest BCUT2D eigenvalue weighted by atomic mass is 10.2. The highest BCUT2D eigenvalue weighted by Gasteiger charge is 2.21. The molecule has 2 aromatic carbocycles. The number of aromatic nitrogens is 2. The molecule has 0 bridgehead atoms. The van der Waals surface area contributed by atoms with Crippen LogP contribution in [0.3, 0.4) is 0 Å². The minimum atomic E-state index is -0.552. The minimum Gasteiger partial charge on any atom is -0.482 e. The van der Waals surface area contributed by atoms with Crippen LogP contribution in [-0.2, 0) is 20.9 Å². The SMILES string of the molecule is O=C(COc1ccc(N2CCCC2=O)cc1)OCCCn1c(=O)[nH]c2ccccc2c1=O. The van der Waals surface area contributed by atoms with Crippen LogP contribution in [0.25, 0.3) is 10.9 Å². The summed E-state index contributed by atoms with van der Waals surface area (Å²) in [6.45, 7) is 0.627. The van der Waals surface area contributed by atoms with Crippen LogP contribution in [-0.4, -0.2) is 41.2 Å². The van der Waals surface area contributed by atoms with E-state index in [9.17, 15) is 19.2 Å². The van der Waals surface area contributed by atoms with Crippen molar-refractivity contribution < 1.29 is 19.1 Å². The Bertz CT molecular complexity index is 1250. The smallest absolute Gasteiger partial charge is 0.344 e. The van der Waals surface area contributed by atoms with Crippen LogP contribution < -0.4 is 20.9 Å². The van der Waals surface area contributed by atoms with E-state index in [4.69, 9.17) is 9.47 Å². The standard InChI is InChI=1S/C23H23N3O6/c27-20-7-3-12-25(20)16-8-10-17(11-9-16)32-15-21(28)31-14-4-13-26-22(29)18-5-1-2-6-19(18)24-23(26)30/h1-2,5-6,8-11H,3-4,7,12-15H2,(H,24,30). The Balaban J connectivity index is 1.23. The van der Waals surface area contributed by atoms with Gasteiger partial charge in [0.05, 0.1) is 17.5 Å². The number of fused-ring (bicyclic) bond motifs is 1. The monoisotopic (exact) mass is 437 g/mol. The summed E-state index contributed by atoms with van der Waals surface area (Å²) in [6, 6.07) is 13.8. The molecule has 1 aromatic heterocycles. The van der Waals surface area contributed by atoms with Crippen molar-refractivity contribution in [1.29, 1.82) is 0 Å². The number of ether oxygens (including phenoxy) is 2. The maximum atomic E-state index is 12.5. The second kappa shape index (κ2) is 9.51. The summed E-state index contributed by atoms with van der Waals surface area (Å²) in [4.78, 5) is 52.7. The summed E-state index contributed by atoms with van der Waals surface area (Å²) in [6.07, 6.45) is 1.73. The molecular weight excluding hydrogens is 414 g/mol. The number of anilines is 1. The van der Waals surface area contributed by atoms with Crippen LogP contribution in [0.15, 0.2) is 58.1 Å². The molecule has 4 rings (SSSR count). The molecule has 9 nitrogen and oxygen atoms in total. The quantitative estimate of drug-likeness (QED) is 0.425. The molecule has 1 aliphatic rings. The van der Waals surface area contributed by atoms with E-state index in [-0.39, 0.29) is 31.2 Å². The predicted molar refractivity (Wildman–Crippen MR) is 118 cm³/mol. The zero-order valence-electron chi connectivity index (χ0n) is 17.4. The Morgan fingerprint density at radius 2 is 1.81 bits per heavy atom.